The van der Waals surface area contributed by atoms with Crippen molar-refractivity contribution < 1.29 is 9.59 Å². The molecule has 1 saturated carbocycles. The topological polar surface area (TPSA) is 94.0 Å². The molecule has 6 nitrogen and oxygen atoms in total. The molecule has 124 valence electrons. The van der Waals surface area contributed by atoms with Crippen molar-refractivity contribution in [2.75, 3.05) is 6.54 Å². The molecule has 0 aromatic rings. The number of nitrogens with one attached hydrogen (secondary N) is 3. The minimum absolute atomic E-state index is 0.0391. The number of carbonyl (C=O) groups is 2. The van der Waals surface area contributed by atoms with Crippen molar-refractivity contribution in [3.05, 3.63) is 0 Å². The van der Waals surface area contributed by atoms with E-state index in [0.717, 1.165) is 12.8 Å². The van der Waals surface area contributed by atoms with Gasteiger partial charge in [0.1, 0.15) is 12.6 Å². The summed E-state index contributed by atoms with van der Waals surface area (Å²) in [5.74, 6) is 0.178. The number of hydrogen-bond donors (Lipinski definition) is 3. The van der Waals surface area contributed by atoms with Crippen molar-refractivity contribution in [3.63, 3.8) is 0 Å². The Morgan fingerprint density at radius 2 is 1.86 bits per heavy atom. The van der Waals surface area contributed by atoms with Gasteiger partial charge in [-0.05, 0) is 33.1 Å². The highest BCUT2D eigenvalue weighted by molar-refractivity contribution is 5.87. The van der Waals surface area contributed by atoms with Gasteiger partial charge in [0.2, 0.25) is 5.91 Å². The Labute approximate surface area is 133 Å². The predicted molar refractivity (Wildman–Crippen MR) is 85.0 cm³/mol. The maximum absolute atomic E-state index is 12.2. The molecule has 0 aromatic carbocycles. The van der Waals surface area contributed by atoms with Gasteiger partial charge in [0.25, 0.3) is 0 Å². The Morgan fingerprint density at radius 3 is 2.41 bits per heavy atom. The third-order valence-electron chi connectivity index (χ3n) is 3.75. The lowest BCUT2D eigenvalue weighted by Crippen LogP contribution is -2.54. The smallest absolute Gasteiger partial charge is 0.315 e. The first kappa shape index (κ1) is 18.3. The molecule has 0 unspecified atom stereocenters. The number of urea groups is 1. The van der Waals surface area contributed by atoms with Crippen LogP contribution in [0.4, 0.5) is 4.79 Å². The summed E-state index contributed by atoms with van der Waals surface area (Å²) in [6.45, 7) is 5.62. The molecule has 0 aromatic heterocycles. The van der Waals surface area contributed by atoms with E-state index in [1.165, 1.54) is 19.3 Å². The van der Waals surface area contributed by atoms with Gasteiger partial charge in [-0.2, -0.15) is 5.26 Å². The summed E-state index contributed by atoms with van der Waals surface area (Å²) >= 11 is 0. The van der Waals surface area contributed by atoms with E-state index in [0.29, 0.717) is 12.3 Å². The maximum Gasteiger partial charge on any atom is 0.315 e. The monoisotopic (exact) mass is 308 g/mol. The molecule has 0 radical (unpaired) electrons. The summed E-state index contributed by atoms with van der Waals surface area (Å²) in [5.41, 5.74) is -0.359. The SMILES string of the molecule is CC(C)(C)NC(=O)N[C@@H](CC1CCCCC1)C(=O)NCC#N. The van der Waals surface area contributed by atoms with E-state index in [1.54, 1.807) is 0 Å². The molecule has 1 aliphatic rings. The molecular weight excluding hydrogens is 280 g/mol. The van der Waals surface area contributed by atoms with Crippen molar-refractivity contribution >= 4 is 11.9 Å². The first-order chi connectivity index (χ1) is 10.3. The minimum Gasteiger partial charge on any atom is -0.341 e. The lowest BCUT2D eigenvalue weighted by Gasteiger charge is -2.28. The van der Waals surface area contributed by atoms with Gasteiger partial charge in [-0.3, -0.25) is 4.79 Å². The first-order valence-corrected chi connectivity index (χ1v) is 8.05. The van der Waals surface area contributed by atoms with Gasteiger partial charge >= 0.3 is 6.03 Å². The van der Waals surface area contributed by atoms with Crippen LogP contribution in [0.15, 0.2) is 0 Å². The maximum atomic E-state index is 12.2. The van der Waals surface area contributed by atoms with Crippen LogP contribution in [-0.2, 0) is 4.79 Å². The Balaban J connectivity index is 2.62. The molecule has 0 heterocycles. The number of amides is 3. The second kappa shape index (κ2) is 8.62. The van der Waals surface area contributed by atoms with Crippen molar-refractivity contribution in [2.45, 2.75) is 70.9 Å². The van der Waals surface area contributed by atoms with Crippen LogP contribution in [0.2, 0.25) is 0 Å². The summed E-state index contributed by atoms with van der Waals surface area (Å²) in [5, 5.41) is 16.7. The molecule has 22 heavy (non-hydrogen) atoms. The van der Waals surface area contributed by atoms with Gasteiger partial charge < -0.3 is 16.0 Å². The van der Waals surface area contributed by atoms with Crippen LogP contribution in [0, 0.1) is 17.2 Å². The van der Waals surface area contributed by atoms with E-state index in [2.05, 4.69) is 16.0 Å². The van der Waals surface area contributed by atoms with Crippen LogP contribution in [0.5, 0.6) is 0 Å². The van der Waals surface area contributed by atoms with Crippen LogP contribution in [0.3, 0.4) is 0 Å². The Kier molecular flexibility index (Phi) is 7.16. The standard InChI is InChI=1S/C16H28N4O2/c1-16(2,3)20-15(22)19-13(14(21)18-10-9-17)11-12-7-5-4-6-8-12/h12-13H,4-8,10-11H2,1-3H3,(H,18,21)(H2,19,20,22)/t13-/m0/s1. The number of nitriles is 1. The number of rotatable bonds is 5. The summed E-state index contributed by atoms with van der Waals surface area (Å²) < 4.78 is 0. The average molecular weight is 308 g/mol. The summed E-state index contributed by atoms with van der Waals surface area (Å²) in [6, 6.07) is 0.957. The van der Waals surface area contributed by atoms with Crippen LogP contribution in [0.25, 0.3) is 0 Å². The zero-order valence-corrected chi connectivity index (χ0v) is 13.9. The Morgan fingerprint density at radius 1 is 1.23 bits per heavy atom. The van der Waals surface area contributed by atoms with Crippen molar-refractivity contribution in [2.24, 2.45) is 5.92 Å². The second-order valence-electron chi connectivity index (χ2n) is 7.02. The highest BCUT2D eigenvalue weighted by atomic mass is 16.2. The third-order valence-corrected chi connectivity index (χ3v) is 3.75. The first-order valence-electron chi connectivity index (χ1n) is 8.05. The molecule has 0 saturated heterocycles. The van der Waals surface area contributed by atoms with Crippen LogP contribution < -0.4 is 16.0 Å². The molecule has 0 aliphatic heterocycles. The Bertz CT molecular complexity index is 417. The molecule has 1 atom stereocenters. The molecule has 1 aliphatic carbocycles. The normalized spacial score (nSPS) is 17.2. The van der Waals surface area contributed by atoms with E-state index in [4.69, 9.17) is 5.26 Å². The van der Waals surface area contributed by atoms with E-state index in [9.17, 15) is 9.59 Å². The van der Waals surface area contributed by atoms with E-state index < -0.39 is 6.04 Å². The Hall–Kier alpha value is -1.77. The number of hydrogen-bond acceptors (Lipinski definition) is 3. The quantitative estimate of drug-likeness (QED) is 0.679. The van der Waals surface area contributed by atoms with E-state index in [-0.39, 0.29) is 24.0 Å². The summed E-state index contributed by atoms with van der Waals surface area (Å²) in [6.07, 6.45) is 6.46. The molecule has 3 amide bonds. The third kappa shape index (κ3) is 7.30. The van der Waals surface area contributed by atoms with Crippen LogP contribution in [-0.4, -0.2) is 30.1 Å². The molecule has 1 fully saturated rings. The van der Waals surface area contributed by atoms with E-state index >= 15 is 0 Å². The van der Waals surface area contributed by atoms with Gasteiger partial charge in [0.15, 0.2) is 0 Å². The zero-order chi connectivity index (χ0) is 16.6. The van der Waals surface area contributed by atoms with Crippen LogP contribution >= 0.6 is 0 Å². The second-order valence-corrected chi connectivity index (χ2v) is 7.02. The zero-order valence-electron chi connectivity index (χ0n) is 13.9. The fraction of sp³-hybridized carbons (Fsp3) is 0.812. The van der Waals surface area contributed by atoms with Crippen molar-refractivity contribution in [3.8, 4) is 6.07 Å². The number of carbonyl (C=O) groups excluding carboxylic acids is 2. The highest BCUT2D eigenvalue weighted by Crippen LogP contribution is 2.27. The van der Waals surface area contributed by atoms with Crippen molar-refractivity contribution in [1.29, 1.82) is 5.26 Å². The van der Waals surface area contributed by atoms with Crippen LogP contribution in [0.1, 0.15) is 59.3 Å². The molecular formula is C16H28N4O2. The fourth-order valence-corrected chi connectivity index (χ4v) is 2.77. The largest absolute Gasteiger partial charge is 0.341 e. The fourth-order valence-electron chi connectivity index (χ4n) is 2.77. The van der Waals surface area contributed by atoms with Gasteiger partial charge in [0, 0.05) is 5.54 Å². The molecule has 0 spiro atoms. The molecule has 6 heteroatoms. The van der Waals surface area contributed by atoms with E-state index in [1.807, 2.05) is 26.8 Å². The summed E-state index contributed by atoms with van der Waals surface area (Å²) in [4.78, 5) is 24.2. The average Bonchev–Trinajstić information content (AvgIpc) is 2.43. The minimum atomic E-state index is -0.584. The number of nitrogens with zero attached hydrogens (tertiary/aromatic N) is 1. The van der Waals surface area contributed by atoms with Gasteiger partial charge in [-0.15, -0.1) is 0 Å². The summed E-state index contributed by atoms with van der Waals surface area (Å²) in [7, 11) is 0. The van der Waals surface area contributed by atoms with Gasteiger partial charge in [0.05, 0.1) is 6.07 Å². The van der Waals surface area contributed by atoms with Gasteiger partial charge in [-0.1, -0.05) is 32.1 Å². The predicted octanol–water partition coefficient (Wildman–Crippen LogP) is 2.06. The highest BCUT2D eigenvalue weighted by Gasteiger charge is 2.26. The van der Waals surface area contributed by atoms with Crippen molar-refractivity contribution in [1.82, 2.24) is 16.0 Å². The molecule has 1 rings (SSSR count). The van der Waals surface area contributed by atoms with Gasteiger partial charge in [-0.25, -0.2) is 4.79 Å². The lowest BCUT2D eigenvalue weighted by atomic mass is 9.84. The molecule has 0 bridgehead atoms. The molecule has 3 N–H and O–H groups in total. The lowest BCUT2D eigenvalue weighted by molar-refractivity contribution is -0.123.